The molecule has 0 saturated carbocycles. The van der Waals surface area contributed by atoms with Crippen molar-refractivity contribution in [2.24, 2.45) is 0 Å². The predicted octanol–water partition coefficient (Wildman–Crippen LogP) is 7.16. The van der Waals surface area contributed by atoms with E-state index in [4.69, 9.17) is 0 Å². The minimum Gasteiger partial charge on any atom is -0.379 e. The van der Waals surface area contributed by atoms with Crippen LogP contribution < -0.4 is 5.32 Å². The second-order valence-electron chi connectivity index (χ2n) is 8.20. The fourth-order valence-corrected chi connectivity index (χ4v) is 4.16. The Morgan fingerprint density at radius 3 is 2.36 bits per heavy atom. The first kappa shape index (κ1) is 23.2. The van der Waals surface area contributed by atoms with Gasteiger partial charge < -0.3 is 5.32 Å². The van der Waals surface area contributed by atoms with Gasteiger partial charge in [0.1, 0.15) is 0 Å². The summed E-state index contributed by atoms with van der Waals surface area (Å²) in [6, 6.07) is 25.4. The zero-order valence-corrected chi connectivity index (χ0v) is 19.0. The van der Waals surface area contributed by atoms with Crippen molar-refractivity contribution in [3.05, 3.63) is 126 Å². The van der Waals surface area contributed by atoms with Crippen LogP contribution >= 0.6 is 0 Å². The molecule has 0 amide bonds. The number of fused-ring (bicyclic) bond motifs is 1. The number of nitrogens with one attached hydrogen (secondary N) is 1. The third-order valence-corrected chi connectivity index (χ3v) is 5.83. The Kier molecular flexibility index (Phi) is 6.21. The lowest BCUT2D eigenvalue weighted by atomic mass is 9.91. The molecule has 0 fully saturated rings. The Balaban J connectivity index is 1.67. The van der Waals surface area contributed by atoms with E-state index in [1.807, 2.05) is 30.3 Å². The van der Waals surface area contributed by atoms with Gasteiger partial charge in [0, 0.05) is 40.2 Å². The summed E-state index contributed by atoms with van der Waals surface area (Å²) >= 11 is 0. The van der Waals surface area contributed by atoms with E-state index < -0.39 is 11.7 Å². The Bertz CT molecular complexity index is 1530. The third-order valence-electron chi connectivity index (χ3n) is 5.83. The van der Waals surface area contributed by atoms with Gasteiger partial charge >= 0.3 is 6.18 Å². The second kappa shape index (κ2) is 9.62. The highest BCUT2D eigenvalue weighted by molar-refractivity contribution is 6.16. The quantitative estimate of drug-likeness (QED) is 0.261. The van der Waals surface area contributed by atoms with Crippen LogP contribution in [0.4, 0.5) is 18.9 Å². The molecule has 0 aliphatic heterocycles. The molecule has 5 aromatic rings. The Morgan fingerprint density at radius 2 is 1.61 bits per heavy atom. The summed E-state index contributed by atoms with van der Waals surface area (Å²) in [5.41, 5.74) is 2.21. The van der Waals surface area contributed by atoms with Crippen LogP contribution in [0.5, 0.6) is 0 Å². The van der Waals surface area contributed by atoms with Gasteiger partial charge in [-0.05, 0) is 35.9 Å². The Hall–Kier alpha value is -4.52. The number of hydrogen-bond acceptors (Lipinski definition) is 4. The minimum absolute atomic E-state index is 0.198. The van der Waals surface area contributed by atoms with Crippen LogP contribution in [-0.2, 0) is 12.7 Å². The molecule has 0 radical (unpaired) electrons. The molecule has 1 N–H and O–H groups in total. The standard InChI is InChI=1S/C29H20F3N3O/c30-29(31,32)25-14-7-13-23-26(24(18-35-27(23)25)28(36)19-8-2-1-3-9-19)20-10-6-12-21(16-20)34-17-22-11-4-5-15-33-22/h1-16,18,34H,17H2. The molecular formula is C29H20F3N3O. The lowest BCUT2D eigenvalue weighted by Crippen LogP contribution is -2.09. The van der Waals surface area contributed by atoms with Crippen molar-refractivity contribution < 1.29 is 18.0 Å². The number of carbonyl (C=O) groups is 1. The molecule has 2 heterocycles. The molecule has 5 rings (SSSR count). The number of aromatic nitrogens is 2. The summed E-state index contributed by atoms with van der Waals surface area (Å²) in [6.45, 7) is 0.468. The highest BCUT2D eigenvalue weighted by atomic mass is 19.4. The molecule has 0 atom stereocenters. The second-order valence-corrected chi connectivity index (χ2v) is 8.20. The van der Waals surface area contributed by atoms with Crippen molar-refractivity contribution in [3.63, 3.8) is 0 Å². The molecule has 0 unspecified atom stereocenters. The van der Waals surface area contributed by atoms with Crippen molar-refractivity contribution in [1.82, 2.24) is 9.97 Å². The fraction of sp³-hybridized carbons (Fsp3) is 0.0690. The number of benzene rings is 3. The maximum atomic E-state index is 13.8. The smallest absolute Gasteiger partial charge is 0.379 e. The number of nitrogens with zero attached hydrogens (tertiary/aromatic N) is 2. The average Bonchev–Trinajstić information content (AvgIpc) is 2.91. The van der Waals surface area contributed by atoms with Crippen LogP contribution in [0.25, 0.3) is 22.0 Å². The van der Waals surface area contributed by atoms with Crippen molar-refractivity contribution >= 4 is 22.4 Å². The summed E-state index contributed by atoms with van der Waals surface area (Å²) in [7, 11) is 0. The lowest BCUT2D eigenvalue weighted by Gasteiger charge is -2.16. The molecule has 0 bridgehead atoms. The van der Waals surface area contributed by atoms with Gasteiger partial charge in [-0.3, -0.25) is 14.8 Å². The van der Waals surface area contributed by atoms with E-state index in [2.05, 4.69) is 15.3 Å². The first-order valence-corrected chi connectivity index (χ1v) is 11.2. The number of carbonyl (C=O) groups excluding carboxylic acids is 1. The molecular weight excluding hydrogens is 463 g/mol. The molecule has 0 aliphatic rings. The highest BCUT2D eigenvalue weighted by Gasteiger charge is 2.34. The van der Waals surface area contributed by atoms with Gasteiger partial charge in [0.2, 0.25) is 0 Å². The monoisotopic (exact) mass is 483 g/mol. The molecule has 0 spiro atoms. The summed E-state index contributed by atoms with van der Waals surface area (Å²) in [6.07, 6.45) is -1.63. The summed E-state index contributed by atoms with van der Waals surface area (Å²) in [4.78, 5) is 21.9. The van der Waals surface area contributed by atoms with Crippen LogP contribution in [0, 0.1) is 0 Å². The number of anilines is 1. The van der Waals surface area contributed by atoms with E-state index in [1.54, 1.807) is 54.7 Å². The average molecular weight is 483 g/mol. The van der Waals surface area contributed by atoms with E-state index in [-0.39, 0.29) is 22.2 Å². The maximum absolute atomic E-state index is 13.8. The summed E-state index contributed by atoms with van der Waals surface area (Å²) in [5, 5.41) is 3.55. The Labute approximate surface area is 205 Å². The minimum atomic E-state index is -4.58. The highest BCUT2D eigenvalue weighted by Crippen LogP contribution is 2.39. The zero-order chi connectivity index (χ0) is 25.1. The van der Waals surface area contributed by atoms with Gasteiger partial charge in [-0.2, -0.15) is 13.2 Å². The Morgan fingerprint density at radius 1 is 0.833 bits per heavy atom. The number of para-hydroxylation sites is 1. The van der Waals surface area contributed by atoms with Crippen LogP contribution in [0.15, 0.2) is 103 Å². The van der Waals surface area contributed by atoms with Crippen LogP contribution in [0.2, 0.25) is 0 Å². The summed E-state index contributed by atoms with van der Waals surface area (Å²) in [5.74, 6) is -0.316. The van der Waals surface area contributed by atoms with E-state index in [0.29, 0.717) is 23.2 Å². The SMILES string of the molecule is O=C(c1ccccc1)c1cnc2c(C(F)(F)F)cccc2c1-c1cccc(NCc2ccccn2)c1. The van der Waals surface area contributed by atoms with Gasteiger partial charge in [0.25, 0.3) is 0 Å². The van der Waals surface area contributed by atoms with E-state index in [0.717, 1.165) is 17.4 Å². The molecule has 0 aliphatic carbocycles. The maximum Gasteiger partial charge on any atom is 0.418 e. The van der Waals surface area contributed by atoms with Gasteiger partial charge in [-0.1, -0.05) is 60.7 Å². The largest absolute Gasteiger partial charge is 0.418 e. The van der Waals surface area contributed by atoms with Crippen molar-refractivity contribution in [1.29, 1.82) is 0 Å². The number of pyridine rings is 2. The number of ketones is 1. The lowest BCUT2D eigenvalue weighted by molar-refractivity contribution is -0.136. The van der Waals surface area contributed by atoms with Crippen LogP contribution in [-0.4, -0.2) is 15.8 Å². The molecule has 4 nitrogen and oxygen atoms in total. The van der Waals surface area contributed by atoms with Crippen LogP contribution in [0.1, 0.15) is 27.2 Å². The predicted molar refractivity (Wildman–Crippen MR) is 134 cm³/mol. The zero-order valence-electron chi connectivity index (χ0n) is 19.0. The third kappa shape index (κ3) is 4.68. The van der Waals surface area contributed by atoms with Crippen molar-refractivity contribution in [3.8, 4) is 11.1 Å². The first-order valence-electron chi connectivity index (χ1n) is 11.2. The molecule has 7 heteroatoms. The number of hydrogen-bond donors (Lipinski definition) is 1. The molecule has 178 valence electrons. The van der Waals surface area contributed by atoms with Gasteiger partial charge in [0.15, 0.2) is 5.78 Å². The van der Waals surface area contributed by atoms with Crippen molar-refractivity contribution in [2.45, 2.75) is 12.7 Å². The fourth-order valence-electron chi connectivity index (χ4n) is 4.16. The van der Waals surface area contributed by atoms with E-state index in [1.165, 1.54) is 12.3 Å². The number of halogens is 3. The molecule has 2 aromatic heterocycles. The summed E-state index contributed by atoms with van der Waals surface area (Å²) < 4.78 is 41.3. The topological polar surface area (TPSA) is 54.9 Å². The number of alkyl halides is 3. The van der Waals surface area contributed by atoms with Gasteiger partial charge in [-0.25, -0.2) is 0 Å². The molecule has 3 aromatic carbocycles. The van der Waals surface area contributed by atoms with Gasteiger partial charge in [0.05, 0.1) is 23.3 Å². The first-order chi connectivity index (χ1) is 17.4. The number of rotatable bonds is 6. The van der Waals surface area contributed by atoms with E-state index >= 15 is 0 Å². The van der Waals surface area contributed by atoms with E-state index in [9.17, 15) is 18.0 Å². The van der Waals surface area contributed by atoms with Crippen LogP contribution in [0.3, 0.4) is 0 Å². The normalized spacial score (nSPS) is 11.4. The van der Waals surface area contributed by atoms with Gasteiger partial charge in [-0.15, -0.1) is 0 Å². The van der Waals surface area contributed by atoms with Crippen molar-refractivity contribution in [2.75, 3.05) is 5.32 Å². The molecule has 0 saturated heterocycles. The molecule has 36 heavy (non-hydrogen) atoms.